The van der Waals surface area contributed by atoms with E-state index < -0.39 is 11.9 Å². The van der Waals surface area contributed by atoms with Crippen LogP contribution >= 0.6 is 0 Å². The molecule has 1 aromatic rings. The Morgan fingerprint density at radius 2 is 2.08 bits per heavy atom. The SMILES string of the molecule is Cc1nc(C)c(C(=O)NC(N)=O)o1. The second kappa shape index (κ2) is 3.26. The summed E-state index contributed by atoms with van der Waals surface area (Å²) in [6.45, 7) is 3.21. The lowest BCUT2D eigenvalue weighted by molar-refractivity contribution is 0.0937. The van der Waals surface area contributed by atoms with E-state index in [9.17, 15) is 9.59 Å². The minimum Gasteiger partial charge on any atom is -0.436 e. The van der Waals surface area contributed by atoms with Crippen LogP contribution in [0.1, 0.15) is 22.1 Å². The maximum atomic E-state index is 11.1. The molecule has 0 aliphatic carbocycles. The normalized spacial score (nSPS) is 9.69. The number of primary amides is 1. The van der Waals surface area contributed by atoms with Crippen LogP contribution in [0.25, 0.3) is 0 Å². The summed E-state index contributed by atoms with van der Waals surface area (Å²) in [5, 5.41) is 1.88. The molecule has 0 aromatic carbocycles. The molecular weight excluding hydrogens is 174 g/mol. The number of carbonyl (C=O) groups is 2. The van der Waals surface area contributed by atoms with E-state index in [0.29, 0.717) is 11.6 Å². The molecule has 0 unspecified atom stereocenters. The topological polar surface area (TPSA) is 98.2 Å². The maximum Gasteiger partial charge on any atom is 0.319 e. The number of oxazole rings is 1. The number of carbonyl (C=O) groups excluding carboxylic acids is 2. The number of nitrogens with two attached hydrogens (primary N) is 1. The van der Waals surface area contributed by atoms with Gasteiger partial charge in [-0.25, -0.2) is 9.78 Å². The summed E-state index contributed by atoms with van der Waals surface area (Å²) < 4.78 is 4.95. The number of rotatable bonds is 1. The van der Waals surface area contributed by atoms with Gasteiger partial charge in [0.2, 0.25) is 5.76 Å². The van der Waals surface area contributed by atoms with Crippen LogP contribution in [0, 0.1) is 13.8 Å². The Bertz CT molecular complexity index is 356. The van der Waals surface area contributed by atoms with Gasteiger partial charge in [0.25, 0.3) is 5.91 Å². The van der Waals surface area contributed by atoms with Crippen molar-refractivity contribution in [2.24, 2.45) is 5.73 Å². The summed E-state index contributed by atoms with van der Waals surface area (Å²) in [5.74, 6) is -0.297. The monoisotopic (exact) mass is 183 g/mol. The molecule has 6 heteroatoms. The molecule has 0 saturated heterocycles. The summed E-state index contributed by atoms with van der Waals surface area (Å²) in [4.78, 5) is 25.3. The minimum absolute atomic E-state index is 0.0105. The smallest absolute Gasteiger partial charge is 0.319 e. The van der Waals surface area contributed by atoms with Gasteiger partial charge >= 0.3 is 6.03 Å². The molecule has 0 fully saturated rings. The summed E-state index contributed by atoms with van der Waals surface area (Å²) in [5.41, 5.74) is 5.18. The fourth-order valence-corrected chi connectivity index (χ4v) is 0.911. The first-order chi connectivity index (χ1) is 6.00. The molecule has 6 nitrogen and oxygen atoms in total. The molecule has 0 aliphatic heterocycles. The number of urea groups is 1. The van der Waals surface area contributed by atoms with Gasteiger partial charge < -0.3 is 10.2 Å². The van der Waals surface area contributed by atoms with E-state index in [4.69, 9.17) is 10.2 Å². The molecule has 1 rings (SSSR count). The molecule has 0 bridgehead atoms. The predicted molar refractivity (Wildman–Crippen MR) is 43.0 cm³/mol. The summed E-state index contributed by atoms with van der Waals surface area (Å²) in [6, 6.07) is -0.918. The van der Waals surface area contributed by atoms with Crippen molar-refractivity contribution >= 4 is 11.9 Å². The lowest BCUT2D eigenvalue weighted by Gasteiger charge is -1.95. The largest absolute Gasteiger partial charge is 0.436 e. The quantitative estimate of drug-likeness (QED) is 0.645. The highest BCUT2D eigenvalue weighted by Crippen LogP contribution is 2.08. The van der Waals surface area contributed by atoms with Crippen LogP contribution in [0.5, 0.6) is 0 Å². The van der Waals surface area contributed by atoms with Gasteiger partial charge in [0, 0.05) is 6.92 Å². The molecule has 0 atom stereocenters. The van der Waals surface area contributed by atoms with Crippen molar-refractivity contribution in [3.05, 3.63) is 17.3 Å². The average Bonchev–Trinajstić information content (AvgIpc) is 2.28. The lowest BCUT2D eigenvalue weighted by atomic mass is 10.3. The maximum absolute atomic E-state index is 11.1. The molecule has 3 amide bonds. The predicted octanol–water partition coefficient (Wildman–Crippen LogP) is 0.0999. The molecule has 1 heterocycles. The molecule has 13 heavy (non-hydrogen) atoms. The van der Waals surface area contributed by atoms with Gasteiger partial charge in [0.05, 0.1) is 5.69 Å². The number of amides is 3. The highest BCUT2D eigenvalue weighted by molar-refractivity contribution is 6.02. The van der Waals surface area contributed by atoms with E-state index in [0.717, 1.165) is 0 Å². The van der Waals surface area contributed by atoms with Crippen molar-refractivity contribution in [3.63, 3.8) is 0 Å². The van der Waals surface area contributed by atoms with Gasteiger partial charge in [-0.3, -0.25) is 10.1 Å². The zero-order valence-corrected chi connectivity index (χ0v) is 7.25. The first kappa shape index (κ1) is 9.24. The van der Waals surface area contributed by atoms with Gasteiger partial charge in [-0.2, -0.15) is 0 Å². The van der Waals surface area contributed by atoms with Crippen molar-refractivity contribution in [1.29, 1.82) is 0 Å². The third kappa shape index (κ3) is 2.05. The van der Waals surface area contributed by atoms with Gasteiger partial charge in [0.1, 0.15) is 0 Å². The van der Waals surface area contributed by atoms with Crippen molar-refractivity contribution in [1.82, 2.24) is 10.3 Å². The number of hydrogen-bond acceptors (Lipinski definition) is 4. The molecular formula is C7H9N3O3. The Labute approximate surface area is 74.1 Å². The number of imide groups is 1. The van der Waals surface area contributed by atoms with Crippen LogP contribution < -0.4 is 11.1 Å². The number of aryl methyl sites for hydroxylation is 2. The third-order valence-electron chi connectivity index (χ3n) is 1.35. The lowest BCUT2D eigenvalue weighted by Crippen LogP contribution is -2.35. The first-order valence-corrected chi connectivity index (χ1v) is 3.55. The number of nitrogens with zero attached hydrogens (tertiary/aromatic N) is 1. The van der Waals surface area contributed by atoms with Crippen molar-refractivity contribution < 1.29 is 14.0 Å². The van der Waals surface area contributed by atoms with Crippen LogP contribution in [-0.2, 0) is 0 Å². The van der Waals surface area contributed by atoms with E-state index >= 15 is 0 Å². The summed E-state index contributed by atoms with van der Waals surface area (Å²) in [6.07, 6.45) is 0. The zero-order chi connectivity index (χ0) is 10.0. The molecule has 70 valence electrons. The third-order valence-corrected chi connectivity index (χ3v) is 1.35. The van der Waals surface area contributed by atoms with Crippen molar-refractivity contribution in [2.75, 3.05) is 0 Å². The number of nitrogens with one attached hydrogen (secondary N) is 1. The van der Waals surface area contributed by atoms with E-state index in [2.05, 4.69) is 4.98 Å². The molecule has 1 aromatic heterocycles. The van der Waals surface area contributed by atoms with Gasteiger partial charge in [-0.05, 0) is 6.92 Å². The van der Waals surface area contributed by atoms with Gasteiger partial charge in [-0.1, -0.05) is 0 Å². The van der Waals surface area contributed by atoms with Gasteiger partial charge in [-0.15, -0.1) is 0 Å². The second-order valence-corrected chi connectivity index (χ2v) is 2.47. The second-order valence-electron chi connectivity index (χ2n) is 2.47. The molecule has 0 spiro atoms. The molecule has 0 aliphatic rings. The van der Waals surface area contributed by atoms with E-state index in [-0.39, 0.29) is 5.76 Å². The van der Waals surface area contributed by atoms with Crippen molar-refractivity contribution in [2.45, 2.75) is 13.8 Å². The van der Waals surface area contributed by atoms with Crippen LogP contribution in [0.4, 0.5) is 4.79 Å². The first-order valence-electron chi connectivity index (χ1n) is 3.55. The van der Waals surface area contributed by atoms with E-state index in [1.54, 1.807) is 13.8 Å². The Balaban J connectivity index is 2.88. The zero-order valence-electron chi connectivity index (χ0n) is 7.25. The summed E-state index contributed by atoms with van der Waals surface area (Å²) >= 11 is 0. The molecule has 3 N–H and O–H groups in total. The summed E-state index contributed by atoms with van der Waals surface area (Å²) in [7, 11) is 0. The van der Waals surface area contributed by atoms with Crippen LogP contribution in [0.15, 0.2) is 4.42 Å². The molecule has 0 saturated carbocycles. The van der Waals surface area contributed by atoms with Gasteiger partial charge in [0.15, 0.2) is 5.89 Å². The van der Waals surface area contributed by atoms with Crippen LogP contribution in [-0.4, -0.2) is 16.9 Å². The highest BCUT2D eigenvalue weighted by atomic mass is 16.4. The average molecular weight is 183 g/mol. The van der Waals surface area contributed by atoms with Crippen molar-refractivity contribution in [3.8, 4) is 0 Å². The molecule has 0 radical (unpaired) electrons. The number of aromatic nitrogens is 1. The fraction of sp³-hybridized carbons (Fsp3) is 0.286. The van der Waals surface area contributed by atoms with Crippen LogP contribution in [0.3, 0.4) is 0 Å². The Morgan fingerprint density at radius 3 is 2.46 bits per heavy atom. The Morgan fingerprint density at radius 1 is 1.46 bits per heavy atom. The minimum atomic E-state index is -0.918. The highest BCUT2D eigenvalue weighted by Gasteiger charge is 2.16. The van der Waals surface area contributed by atoms with Crippen LogP contribution in [0.2, 0.25) is 0 Å². The number of hydrogen-bond donors (Lipinski definition) is 2. The van der Waals surface area contributed by atoms with E-state index in [1.165, 1.54) is 0 Å². The Kier molecular flexibility index (Phi) is 2.32. The standard InChI is InChI=1S/C7H9N3O3/c1-3-5(13-4(2)9-3)6(11)10-7(8)12/h1-2H3,(H3,8,10,11,12). The van der Waals surface area contributed by atoms with E-state index in [1.807, 2.05) is 5.32 Å². The fourth-order valence-electron chi connectivity index (χ4n) is 0.911. The Hall–Kier alpha value is -1.85.